The maximum Gasteiger partial charge on any atom is 0.277 e. The molecular weight excluding hydrogens is 322 g/mol. The molecule has 2 aromatic carbocycles. The molecule has 0 saturated carbocycles. The van der Waals surface area contributed by atoms with Crippen molar-refractivity contribution in [2.24, 2.45) is 5.10 Å². The molecule has 0 heterocycles. The lowest BCUT2D eigenvalue weighted by atomic mass is 10.1. The minimum absolute atomic E-state index is 0.0380. The monoisotopic (exact) mass is 341 g/mol. The van der Waals surface area contributed by atoms with E-state index in [1.54, 1.807) is 12.1 Å². The first kappa shape index (κ1) is 18.1. The van der Waals surface area contributed by atoms with Gasteiger partial charge in [-0.2, -0.15) is 5.10 Å². The number of hydrogen-bond acceptors (Lipinski definition) is 5. The van der Waals surface area contributed by atoms with Crippen molar-refractivity contribution in [1.82, 2.24) is 5.43 Å². The highest BCUT2D eigenvalue weighted by Crippen LogP contribution is 2.25. The van der Waals surface area contributed by atoms with Crippen LogP contribution in [0, 0.1) is 30.9 Å². The van der Waals surface area contributed by atoms with E-state index >= 15 is 0 Å². The van der Waals surface area contributed by atoms with Gasteiger partial charge in [-0.05, 0) is 37.5 Å². The van der Waals surface area contributed by atoms with E-state index in [9.17, 15) is 14.9 Å². The Balaban J connectivity index is 1.92. The van der Waals surface area contributed by atoms with Gasteiger partial charge >= 0.3 is 0 Å². The SMILES string of the molecule is Cc1ccc(C)c(OCC(=O)NN=Cc2cccc([N+](=O)[O-])c2)c1C. The van der Waals surface area contributed by atoms with Crippen molar-refractivity contribution in [1.29, 1.82) is 0 Å². The molecule has 0 aromatic heterocycles. The number of aryl methyl sites for hydroxylation is 2. The molecule has 130 valence electrons. The lowest BCUT2D eigenvalue weighted by molar-refractivity contribution is -0.384. The molecule has 0 aliphatic rings. The normalized spacial score (nSPS) is 10.7. The molecule has 0 bridgehead atoms. The zero-order valence-electron chi connectivity index (χ0n) is 14.3. The third-order valence-electron chi connectivity index (χ3n) is 3.71. The van der Waals surface area contributed by atoms with Gasteiger partial charge in [0.2, 0.25) is 0 Å². The summed E-state index contributed by atoms with van der Waals surface area (Å²) in [6.45, 7) is 5.67. The van der Waals surface area contributed by atoms with E-state index in [0.717, 1.165) is 16.7 Å². The fraction of sp³-hybridized carbons (Fsp3) is 0.222. The first-order valence-electron chi connectivity index (χ1n) is 7.64. The van der Waals surface area contributed by atoms with Gasteiger partial charge in [0.05, 0.1) is 11.1 Å². The lowest BCUT2D eigenvalue weighted by Crippen LogP contribution is -2.25. The van der Waals surface area contributed by atoms with Crippen LogP contribution in [0.1, 0.15) is 22.3 Å². The number of non-ortho nitro benzene ring substituents is 1. The topological polar surface area (TPSA) is 93.8 Å². The number of hydrazone groups is 1. The molecule has 2 aromatic rings. The number of nitro benzene ring substituents is 1. The molecule has 0 saturated heterocycles. The van der Waals surface area contributed by atoms with Gasteiger partial charge in [0.15, 0.2) is 6.61 Å². The number of nitrogens with one attached hydrogen (secondary N) is 1. The zero-order chi connectivity index (χ0) is 18.4. The van der Waals surface area contributed by atoms with Crippen LogP contribution < -0.4 is 10.2 Å². The van der Waals surface area contributed by atoms with E-state index in [1.165, 1.54) is 18.3 Å². The van der Waals surface area contributed by atoms with Gasteiger partial charge in [-0.15, -0.1) is 0 Å². The summed E-state index contributed by atoms with van der Waals surface area (Å²) in [7, 11) is 0. The number of nitrogens with zero attached hydrogens (tertiary/aromatic N) is 2. The van der Waals surface area contributed by atoms with Crippen LogP contribution in [0.3, 0.4) is 0 Å². The Hall–Kier alpha value is -3.22. The Morgan fingerprint density at radius 3 is 2.68 bits per heavy atom. The molecule has 25 heavy (non-hydrogen) atoms. The van der Waals surface area contributed by atoms with Crippen molar-refractivity contribution in [2.45, 2.75) is 20.8 Å². The first-order valence-corrected chi connectivity index (χ1v) is 7.64. The van der Waals surface area contributed by atoms with Crippen molar-refractivity contribution in [3.05, 3.63) is 68.8 Å². The summed E-state index contributed by atoms with van der Waals surface area (Å²) in [6.07, 6.45) is 1.34. The van der Waals surface area contributed by atoms with Crippen molar-refractivity contribution in [2.75, 3.05) is 6.61 Å². The van der Waals surface area contributed by atoms with E-state index in [1.807, 2.05) is 32.9 Å². The van der Waals surface area contributed by atoms with Crippen molar-refractivity contribution < 1.29 is 14.5 Å². The average Bonchev–Trinajstić information content (AvgIpc) is 2.58. The van der Waals surface area contributed by atoms with Gasteiger partial charge in [-0.25, -0.2) is 5.43 Å². The summed E-state index contributed by atoms with van der Waals surface area (Å²) >= 11 is 0. The van der Waals surface area contributed by atoms with Gasteiger partial charge < -0.3 is 4.74 Å². The average molecular weight is 341 g/mol. The van der Waals surface area contributed by atoms with Gasteiger partial charge in [0.1, 0.15) is 5.75 Å². The number of nitro groups is 1. The third-order valence-corrected chi connectivity index (χ3v) is 3.71. The van der Waals surface area contributed by atoms with Crippen molar-refractivity contribution in [3.8, 4) is 5.75 Å². The molecule has 1 amide bonds. The molecule has 0 fully saturated rings. The Kier molecular flexibility index (Phi) is 5.84. The van der Waals surface area contributed by atoms with Crippen LogP contribution >= 0.6 is 0 Å². The molecule has 0 spiro atoms. The molecule has 2 rings (SSSR count). The quantitative estimate of drug-likeness (QED) is 0.496. The summed E-state index contributed by atoms with van der Waals surface area (Å²) < 4.78 is 5.59. The zero-order valence-corrected chi connectivity index (χ0v) is 14.3. The van der Waals surface area contributed by atoms with Gasteiger partial charge in [0.25, 0.3) is 11.6 Å². The Morgan fingerprint density at radius 1 is 1.24 bits per heavy atom. The first-order chi connectivity index (χ1) is 11.9. The molecule has 0 aliphatic heterocycles. The van der Waals surface area contributed by atoms with Crippen LogP contribution in [-0.4, -0.2) is 23.7 Å². The molecule has 7 heteroatoms. The van der Waals surface area contributed by atoms with E-state index < -0.39 is 10.8 Å². The number of carbonyl (C=O) groups is 1. The van der Waals surface area contributed by atoms with Gasteiger partial charge in [-0.3, -0.25) is 14.9 Å². The Morgan fingerprint density at radius 2 is 1.96 bits per heavy atom. The van der Waals surface area contributed by atoms with E-state index in [2.05, 4.69) is 10.5 Å². The summed E-state index contributed by atoms with van der Waals surface area (Å²) in [5.41, 5.74) is 5.85. The largest absolute Gasteiger partial charge is 0.483 e. The summed E-state index contributed by atoms with van der Waals surface area (Å²) in [6, 6.07) is 9.89. The van der Waals surface area contributed by atoms with Crippen LogP contribution in [-0.2, 0) is 4.79 Å². The van der Waals surface area contributed by atoms with Gasteiger partial charge in [0, 0.05) is 17.7 Å². The second-order valence-electron chi connectivity index (χ2n) is 5.59. The number of carbonyl (C=O) groups excluding carboxylic acids is 1. The second kappa shape index (κ2) is 8.05. The van der Waals surface area contributed by atoms with E-state index in [4.69, 9.17) is 4.74 Å². The number of rotatable bonds is 6. The molecule has 0 atom stereocenters. The highest BCUT2D eigenvalue weighted by atomic mass is 16.6. The Bertz CT molecular complexity index is 831. The molecule has 7 nitrogen and oxygen atoms in total. The number of hydrogen-bond donors (Lipinski definition) is 1. The second-order valence-corrected chi connectivity index (χ2v) is 5.59. The minimum Gasteiger partial charge on any atom is -0.483 e. The molecule has 1 N–H and O–H groups in total. The maximum absolute atomic E-state index is 11.8. The highest BCUT2D eigenvalue weighted by Gasteiger charge is 2.09. The summed E-state index contributed by atoms with van der Waals surface area (Å²) in [5.74, 6) is 0.278. The van der Waals surface area contributed by atoms with Crippen LogP contribution in [0.25, 0.3) is 0 Å². The van der Waals surface area contributed by atoms with Crippen LogP contribution in [0.15, 0.2) is 41.5 Å². The molecule has 0 aliphatic carbocycles. The number of ether oxygens (including phenoxy) is 1. The van der Waals surface area contributed by atoms with Crippen LogP contribution in [0.2, 0.25) is 0 Å². The fourth-order valence-electron chi connectivity index (χ4n) is 2.22. The number of benzene rings is 2. The third kappa shape index (κ3) is 4.87. The number of amides is 1. The van der Waals surface area contributed by atoms with E-state index in [-0.39, 0.29) is 12.3 Å². The summed E-state index contributed by atoms with van der Waals surface area (Å²) in [5, 5.41) is 14.5. The smallest absolute Gasteiger partial charge is 0.277 e. The standard InChI is InChI=1S/C18H19N3O4/c1-12-7-8-13(2)18(14(12)3)25-11-17(22)20-19-10-15-5-4-6-16(9-15)21(23)24/h4-10H,11H2,1-3H3,(H,20,22). The Labute approximate surface area is 145 Å². The lowest BCUT2D eigenvalue weighted by Gasteiger charge is -2.13. The van der Waals surface area contributed by atoms with Crippen molar-refractivity contribution in [3.63, 3.8) is 0 Å². The van der Waals surface area contributed by atoms with E-state index in [0.29, 0.717) is 11.3 Å². The maximum atomic E-state index is 11.8. The predicted octanol–water partition coefficient (Wildman–Crippen LogP) is 3.05. The van der Waals surface area contributed by atoms with Gasteiger partial charge in [-0.1, -0.05) is 24.3 Å². The van der Waals surface area contributed by atoms with Crippen LogP contribution in [0.4, 0.5) is 5.69 Å². The van der Waals surface area contributed by atoms with Crippen molar-refractivity contribution >= 4 is 17.8 Å². The minimum atomic E-state index is -0.490. The predicted molar refractivity (Wildman–Crippen MR) is 95.0 cm³/mol. The summed E-state index contributed by atoms with van der Waals surface area (Å²) in [4.78, 5) is 22.1. The molecule has 0 radical (unpaired) electrons. The fourth-order valence-corrected chi connectivity index (χ4v) is 2.22. The molecule has 0 unspecified atom stereocenters. The molecular formula is C18H19N3O4. The highest BCUT2D eigenvalue weighted by molar-refractivity contribution is 5.83. The van der Waals surface area contributed by atoms with Crippen LogP contribution in [0.5, 0.6) is 5.75 Å².